The maximum absolute atomic E-state index is 6.14. The van der Waals surface area contributed by atoms with Crippen LogP contribution in [0, 0.1) is 0 Å². The molecular weight excluding hydrogens is 466 g/mol. The van der Waals surface area contributed by atoms with Crippen molar-refractivity contribution >= 4 is 17.3 Å². The molecule has 2 unspecified atom stereocenters. The van der Waals surface area contributed by atoms with Gasteiger partial charge in [0.2, 0.25) is 0 Å². The number of anilines is 1. The molecule has 0 radical (unpaired) electrons. The van der Waals surface area contributed by atoms with E-state index in [1.165, 1.54) is 11.3 Å². The van der Waals surface area contributed by atoms with Crippen LogP contribution < -0.4 is 4.90 Å². The lowest BCUT2D eigenvalue weighted by atomic mass is 9.86. The van der Waals surface area contributed by atoms with Gasteiger partial charge < -0.3 is 4.90 Å². The molecule has 0 bridgehead atoms. The number of benzene rings is 3. The van der Waals surface area contributed by atoms with Crippen molar-refractivity contribution < 1.29 is 0 Å². The number of rotatable bonds is 5. The minimum Gasteiger partial charge on any atom is -0.364 e. The highest BCUT2D eigenvalue weighted by Crippen LogP contribution is 2.41. The predicted molar refractivity (Wildman–Crippen MR) is 145 cm³/mol. The molecule has 1 fully saturated rings. The molecule has 0 N–H and O–H groups in total. The summed E-state index contributed by atoms with van der Waals surface area (Å²) >= 11 is 6.14. The third kappa shape index (κ3) is 4.50. The average molecular weight is 492 g/mol. The van der Waals surface area contributed by atoms with Gasteiger partial charge in [-0.25, -0.2) is 14.6 Å². The van der Waals surface area contributed by atoms with Crippen LogP contribution >= 0.6 is 11.6 Å². The molecule has 3 aromatic carbocycles. The SMILES string of the molecule is Clc1ccc(-c2cc(C3CCC(c4ccccc4)N(c4ccccc4)C3)n(-c3ncccn3)n2)cc1. The monoisotopic (exact) mass is 491 g/mol. The molecule has 6 rings (SSSR count). The van der Waals surface area contributed by atoms with Crippen molar-refractivity contribution in [1.82, 2.24) is 19.7 Å². The molecule has 5 nitrogen and oxygen atoms in total. The van der Waals surface area contributed by atoms with Gasteiger partial charge in [0, 0.05) is 41.1 Å². The standard InChI is InChI=1S/C30H26ClN5/c31-25-15-12-22(13-16-25)27-20-29(36(34-27)30-32-18-7-19-33-30)24-14-17-28(23-8-3-1-4-9-23)35(21-24)26-10-5-2-6-11-26/h1-13,15-16,18-20,24,28H,14,17,21H2. The zero-order chi connectivity index (χ0) is 24.3. The van der Waals surface area contributed by atoms with Crippen LogP contribution in [-0.2, 0) is 0 Å². The number of piperidine rings is 1. The topological polar surface area (TPSA) is 46.8 Å². The second kappa shape index (κ2) is 9.96. The molecule has 1 aliphatic rings. The third-order valence-corrected chi connectivity index (χ3v) is 7.14. The number of para-hydroxylation sites is 1. The zero-order valence-corrected chi connectivity index (χ0v) is 20.5. The Hall–Kier alpha value is -3.96. The zero-order valence-electron chi connectivity index (χ0n) is 19.8. The molecule has 0 spiro atoms. The fraction of sp³-hybridized carbons (Fsp3) is 0.167. The molecule has 2 atom stereocenters. The Bertz CT molecular complexity index is 1420. The van der Waals surface area contributed by atoms with Gasteiger partial charge in [0.05, 0.1) is 17.4 Å². The van der Waals surface area contributed by atoms with E-state index in [0.29, 0.717) is 17.0 Å². The van der Waals surface area contributed by atoms with Crippen LogP contribution in [0.25, 0.3) is 17.2 Å². The second-order valence-electron chi connectivity index (χ2n) is 9.11. The summed E-state index contributed by atoms with van der Waals surface area (Å²) in [5.74, 6) is 0.853. The minimum absolute atomic E-state index is 0.266. The van der Waals surface area contributed by atoms with Gasteiger partial charge in [0.1, 0.15) is 0 Å². The van der Waals surface area contributed by atoms with Crippen molar-refractivity contribution in [2.24, 2.45) is 0 Å². The maximum Gasteiger partial charge on any atom is 0.250 e. The summed E-state index contributed by atoms with van der Waals surface area (Å²) in [5.41, 5.74) is 5.62. The smallest absolute Gasteiger partial charge is 0.250 e. The van der Waals surface area contributed by atoms with E-state index in [1.807, 2.05) is 35.0 Å². The van der Waals surface area contributed by atoms with Crippen LogP contribution in [0.1, 0.15) is 36.1 Å². The van der Waals surface area contributed by atoms with Crippen LogP contribution in [0.5, 0.6) is 0 Å². The molecule has 178 valence electrons. The van der Waals surface area contributed by atoms with E-state index >= 15 is 0 Å². The third-order valence-electron chi connectivity index (χ3n) is 6.89. The molecule has 0 amide bonds. The maximum atomic E-state index is 6.14. The first-order valence-corrected chi connectivity index (χ1v) is 12.6. The first-order chi connectivity index (χ1) is 17.8. The summed E-state index contributed by atoms with van der Waals surface area (Å²) in [5, 5.41) is 5.67. The van der Waals surface area contributed by atoms with Gasteiger partial charge in [-0.1, -0.05) is 72.3 Å². The number of aromatic nitrogens is 4. The number of hydrogen-bond acceptors (Lipinski definition) is 4. The fourth-order valence-corrected chi connectivity index (χ4v) is 5.27. The molecule has 1 aliphatic heterocycles. The Labute approximate surface area is 216 Å². The fourth-order valence-electron chi connectivity index (χ4n) is 5.15. The van der Waals surface area contributed by atoms with Crippen molar-refractivity contribution in [2.75, 3.05) is 11.4 Å². The predicted octanol–water partition coefficient (Wildman–Crippen LogP) is 7.11. The molecule has 0 saturated carbocycles. The number of hydrogen-bond donors (Lipinski definition) is 0. The summed E-state index contributed by atoms with van der Waals surface area (Å²) in [6.07, 6.45) is 5.61. The first-order valence-electron chi connectivity index (χ1n) is 12.3. The molecule has 3 heterocycles. The Balaban J connectivity index is 1.41. The molecule has 5 aromatic rings. The summed E-state index contributed by atoms with van der Waals surface area (Å²) in [4.78, 5) is 11.6. The van der Waals surface area contributed by atoms with E-state index in [4.69, 9.17) is 16.7 Å². The highest BCUT2D eigenvalue weighted by molar-refractivity contribution is 6.30. The van der Waals surface area contributed by atoms with Gasteiger partial charge in [0.15, 0.2) is 0 Å². The molecular formula is C30H26ClN5. The first kappa shape index (κ1) is 22.5. The van der Waals surface area contributed by atoms with Gasteiger partial charge in [-0.15, -0.1) is 0 Å². The Kier molecular flexibility index (Phi) is 6.22. The molecule has 2 aromatic heterocycles. The Morgan fingerprint density at radius 3 is 2.17 bits per heavy atom. The quantitative estimate of drug-likeness (QED) is 0.263. The Morgan fingerprint density at radius 1 is 0.750 bits per heavy atom. The molecule has 0 aliphatic carbocycles. The van der Waals surface area contributed by atoms with E-state index in [0.717, 1.165) is 36.3 Å². The van der Waals surface area contributed by atoms with Crippen LogP contribution in [0.4, 0.5) is 5.69 Å². The van der Waals surface area contributed by atoms with Crippen molar-refractivity contribution in [3.8, 4) is 17.2 Å². The average Bonchev–Trinajstić information content (AvgIpc) is 3.40. The molecule has 6 heteroatoms. The highest BCUT2D eigenvalue weighted by atomic mass is 35.5. The summed E-state index contributed by atoms with van der Waals surface area (Å²) in [6.45, 7) is 0.877. The highest BCUT2D eigenvalue weighted by Gasteiger charge is 2.33. The van der Waals surface area contributed by atoms with E-state index in [-0.39, 0.29) is 5.92 Å². The van der Waals surface area contributed by atoms with Gasteiger partial charge in [-0.05, 0) is 54.8 Å². The van der Waals surface area contributed by atoms with Crippen LogP contribution in [0.2, 0.25) is 5.02 Å². The van der Waals surface area contributed by atoms with Crippen LogP contribution in [0.3, 0.4) is 0 Å². The lowest BCUT2D eigenvalue weighted by Gasteiger charge is -2.41. The number of halogens is 1. The largest absolute Gasteiger partial charge is 0.364 e. The minimum atomic E-state index is 0.266. The molecule has 1 saturated heterocycles. The molecule has 36 heavy (non-hydrogen) atoms. The van der Waals surface area contributed by atoms with Crippen LogP contribution in [-0.4, -0.2) is 26.3 Å². The summed E-state index contributed by atoms with van der Waals surface area (Å²) in [6, 6.07) is 33.7. The summed E-state index contributed by atoms with van der Waals surface area (Å²) < 4.78 is 1.92. The van der Waals surface area contributed by atoms with E-state index in [2.05, 4.69) is 81.6 Å². The lowest BCUT2D eigenvalue weighted by Crippen LogP contribution is -2.38. The van der Waals surface area contributed by atoms with Crippen molar-refractivity contribution in [3.63, 3.8) is 0 Å². The van der Waals surface area contributed by atoms with E-state index in [1.54, 1.807) is 12.4 Å². The van der Waals surface area contributed by atoms with Gasteiger partial charge in [-0.3, -0.25) is 0 Å². The van der Waals surface area contributed by atoms with Crippen molar-refractivity contribution in [2.45, 2.75) is 24.8 Å². The van der Waals surface area contributed by atoms with Crippen molar-refractivity contribution in [3.05, 3.63) is 126 Å². The normalized spacial score (nSPS) is 17.8. The number of nitrogens with zero attached hydrogens (tertiary/aromatic N) is 5. The van der Waals surface area contributed by atoms with Crippen LogP contribution in [0.15, 0.2) is 109 Å². The second-order valence-corrected chi connectivity index (χ2v) is 9.55. The lowest BCUT2D eigenvalue weighted by molar-refractivity contribution is 0.417. The van der Waals surface area contributed by atoms with Gasteiger partial charge in [0.25, 0.3) is 5.95 Å². The summed E-state index contributed by atoms with van der Waals surface area (Å²) in [7, 11) is 0. The van der Waals surface area contributed by atoms with Gasteiger partial charge >= 0.3 is 0 Å². The van der Waals surface area contributed by atoms with Gasteiger partial charge in [-0.2, -0.15) is 5.10 Å². The van der Waals surface area contributed by atoms with E-state index < -0.39 is 0 Å². The Morgan fingerprint density at radius 2 is 1.44 bits per heavy atom. The van der Waals surface area contributed by atoms with E-state index in [9.17, 15) is 0 Å². The van der Waals surface area contributed by atoms with Crippen molar-refractivity contribution in [1.29, 1.82) is 0 Å².